The summed E-state index contributed by atoms with van der Waals surface area (Å²) in [6.07, 6.45) is -0.879. The van der Waals surface area contributed by atoms with Crippen molar-refractivity contribution in [2.24, 2.45) is 5.73 Å². The molecule has 23 heavy (non-hydrogen) atoms. The monoisotopic (exact) mass is 345 g/mol. The molecule has 0 aliphatic heterocycles. The summed E-state index contributed by atoms with van der Waals surface area (Å²) in [5.41, 5.74) is 5.58. The van der Waals surface area contributed by atoms with E-state index in [2.05, 4.69) is 10.6 Å². The summed E-state index contributed by atoms with van der Waals surface area (Å²) in [6, 6.07) is 3.47. The average Bonchev–Trinajstić information content (AvgIpc) is 2.41. The van der Waals surface area contributed by atoms with Crippen LogP contribution >= 0.6 is 11.6 Å². The molecule has 128 valence electrons. The molecule has 0 saturated heterocycles. The number of alkyl carbamates (subject to hydrolysis) is 1. The van der Waals surface area contributed by atoms with Gasteiger partial charge in [0.2, 0.25) is 5.79 Å². The molecule has 5 N–H and O–H groups in total. The summed E-state index contributed by atoms with van der Waals surface area (Å²) < 4.78 is 10.0. The van der Waals surface area contributed by atoms with Crippen molar-refractivity contribution < 1.29 is 24.2 Å². The highest BCUT2D eigenvalue weighted by Crippen LogP contribution is 2.32. The van der Waals surface area contributed by atoms with Crippen LogP contribution in [0, 0.1) is 0 Å². The number of carbonyl (C=O) groups excluding carboxylic acids is 2. The quantitative estimate of drug-likeness (QED) is 0.582. The number of aliphatic hydroxyl groups is 1. The number of nitrogens with one attached hydrogen (secondary N) is 2. The Balaban J connectivity index is 3.03. The minimum absolute atomic E-state index is 0.0208. The first-order chi connectivity index (χ1) is 10.6. The number of hydrogen-bond donors (Lipinski definition) is 4. The van der Waals surface area contributed by atoms with E-state index in [4.69, 9.17) is 26.8 Å². The fourth-order valence-electron chi connectivity index (χ4n) is 1.86. The first kappa shape index (κ1) is 18.9. The van der Waals surface area contributed by atoms with Gasteiger partial charge in [0.1, 0.15) is 5.75 Å². The van der Waals surface area contributed by atoms with E-state index >= 15 is 0 Å². The van der Waals surface area contributed by atoms with Crippen molar-refractivity contribution in [3.05, 3.63) is 28.8 Å². The maximum absolute atomic E-state index is 11.9. The van der Waals surface area contributed by atoms with E-state index in [1.807, 2.05) is 0 Å². The Morgan fingerprint density at radius 2 is 2.09 bits per heavy atom. The highest BCUT2D eigenvalue weighted by atomic mass is 35.5. The molecule has 0 aromatic heterocycles. The molecule has 1 atom stereocenters. The van der Waals surface area contributed by atoms with Crippen molar-refractivity contribution in [1.29, 1.82) is 0 Å². The van der Waals surface area contributed by atoms with Gasteiger partial charge in [-0.2, -0.15) is 0 Å². The predicted molar refractivity (Wildman–Crippen MR) is 84.2 cm³/mol. The first-order valence-electron chi connectivity index (χ1n) is 6.71. The molecule has 0 fully saturated rings. The van der Waals surface area contributed by atoms with Crippen molar-refractivity contribution in [2.75, 3.05) is 13.7 Å². The lowest BCUT2D eigenvalue weighted by molar-refractivity contribution is -0.131. The van der Waals surface area contributed by atoms with Gasteiger partial charge in [-0.05, 0) is 6.07 Å². The van der Waals surface area contributed by atoms with Crippen LogP contribution in [0.25, 0.3) is 0 Å². The second-order valence-electron chi connectivity index (χ2n) is 5.14. The van der Waals surface area contributed by atoms with Gasteiger partial charge in [-0.1, -0.05) is 23.7 Å². The van der Waals surface area contributed by atoms with Gasteiger partial charge in [0.15, 0.2) is 0 Å². The first-order valence-corrected chi connectivity index (χ1v) is 7.09. The molecule has 3 amide bonds. The van der Waals surface area contributed by atoms with Crippen molar-refractivity contribution in [1.82, 2.24) is 10.6 Å². The minimum atomic E-state index is -1.65. The normalized spacial score (nSPS) is 12.2. The number of benzene rings is 1. The SMILES string of the molecule is COc1c(Cl)cccc1C(CNC(N)=O)NC(=O)OC(C)(C)O. The van der Waals surface area contributed by atoms with Crippen LogP contribution in [0.2, 0.25) is 5.02 Å². The Morgan fingerprint density at radius 3 is 2.61 bits per heavy atom. The topological polar surface area (TPSA) is 123 Å². The van der Waals surface area contributed by atoms with E-state index < -0.39 is 24.0 Å². The lowest BCUT2D eigenvalue weighted by atomic mass is 10.1. The van der Waals surface area contributed by atoms with Crippen LogP contribution in [0.3, 0.4) is 0 Å². The van der Waals surface area contributed by atoms with E-state index in [9.17, 15) is 14.7 Å². The number of amides is 3. The molecule has 0 heterocycles. The number of primary amides is 1. The second kappa shape index (κ2) is 7.89. The molecule has 9 heteroatoms. The van der Waals surface area contributed by atoms with Crippen LogP contribution in [0.15, 0.2) is 18.2 Å². The third kappa shape index (κ3) is 6.21. The fourth-order valence-corrected chi connectivity index (χ4v) is 2.11. The summed E-state index contributed by atoms with van der Waals surface area (Å²) in [7, 11) is 1.43. The van der Waals surface area contributed by atoms with Gasteiger partial charge in [0.25, 0.3) is 0 Å². The molecule has 0 radical (unpaired) electrons. The van der Waals surface area contributed by atoms with Crippen LogP contribution in [-0.2, 0) is 4.74 Å². The number of para-hydroxylation sites is 1. The lowest BCUT2D eigenvalue weighted by Gasteiger charge is -2.24. The van der Waals surface area contributed by atoms with E-state index in [1.165, 1.54) is 21.0 Å². The number of rotatable bonds is 6. The van der Waals surface area contributed by atoms with Gasteiger partial charge >= 0.3 is 12.1 Å². The number of urea groups is 1. The van der Waals surface area contributed by atoms with Crippen molar-refractivity contribution >= 4 is 23.7 Å². The van der Waals surface area contributed by atoms with Crippen LogP contribution in [-0.4, -0.2) is 36.7 Å². The van der Waals surface area contributed by atoms with Crippen molar-refractivity contribution in [3.8, 4) is 5.75 Å². The second-order valence-corrected chi connectivity index (χ2v) is 5.55. The van der Waals surface area contributed by atoms with Crippen LogP contribution in [0.5, 0.6) is 5.75 Å². The van der Waals surface area contributed by atoms with Gasteiger partial charge < -0.3 is 30.9 Å². The zero-order valence-electron chi connectivity index (χ0n) is 13.1. The maximum atomic E-state index is 11.9. The minimum Gasteiger partial charge on any atom is -0.495 e. The Bertz CT molecular complexity index is 574. The standard InChI is InChI=1S/C14H20ClN3O5/c1-14(2,21)23-13(20)18-10(7-17-12(16)19)8-5-4-6-9(15)11(8)22-3/h4-6,10,21H,7H2,1-3H3,(H,18,20)(H3,16,17,19). The number of halogens is 1. The zero-order valence-corrected chi connectivity index (χ0v) is 13.8. The molecule has 1 aromatic rings. The Hall–Kier alpha value is -2.19. The number of ether oxygens (including phenoxy) is 2. The molecule has 0 saturated carbocycles. The zero-order chi connectivity index (χ0) is 17.6. The van der Waals surface area contributed by atoms with Gasteiger partial charge in [0.05, 0.1) is 18.2 Å². The van der Waals surface area contributed by atoms with Crippen LogP contribution in [0.1, 0.15) is 25.5 Å². The largest absolute Gasteiger partial charge is 0.495 e. The summed E-state index contributed by atoms with van der Waals surface area (Å²) in [4.78, 5) is 22.8. The third-order valence-electron chi connectivity index (χ3n) is 2.69. The van der Waals surface area contributed by atoms with Crippen molar-refractivity contribution in [2.45, 2.75) is 25.7 Å². The molecule has 0 bridgehead atoms. The smallest absolute Gasteiger partial charge is 0.410 e. The maximum Gasteiger partial charge on any atom is 0.410 e. The van der Waals surface area contributed by atoms with Gasteiger partial charge in [-0.15, -0.1) is 0 Å². The van der Waals surface area contributed by atoms with E-state index in [-0.39, 0.29) is 6.54 Å². The predicted octanol–water partition coefficient (Wildman–Crippen LogP) is 1.51. The fraction of sp³-hybridized carbons (Fsp3) is 0.429. The Kier molecular flexibility index (Phi) is 6.47. The molecule has 0 spiro atoms. The molecule has 0 aliphatic rings. The highest BCUT2D eigenvalue weighted by molar-refractivity contribution is 6.32. The summed E-state index contributed by atoms with van der Waals surface area (Å²) >= 11 is 6.06. The van der Waals surface area contributed by atoms with Gasteiger partial charge in [0, 0.05) is 26.0 Å². The Labute approximate surface area is 138 Å². The van der Waals surface area contributed by atoms with Crippen LogP contribution < -0.4 is 21.1 Å². The van der Waals surface area contributed by atoms with Gasteiger partial charge in [-0.25, -0.2) is 9.59 Å². The molecule has 0 aliphatic carbocycles. The van der Waals surface area contributed by atoms with E-state index in [1.54, 1.807) is 18.2 Å². The third-order valence-corrected chi connectivity index (χ3v) is 2.99. The summed E-state index contributed by atoms with van der Waals surface area (Å²) in [5.74, 6) is -1.31. The van der Waals surface area contributed by atoms with E-state index in [0.717, 1.165) is 0 Å². The Morgan fingerprint density at radius 1 is 1.43 bits per heavy atom. The summed E-state index contributed by atoms with van der Waals surface area (Å²) in [6.45, 7) is 2.60. The van der Waals surface area contributed by atoms with E-state index in [0.29, 0.717) is 16.3 Å². The number of hydrogen-bond acceptors (Lipinski definition) is 5. The van der Waals surface area contributed by atoms with Gasteiger partial charge in [-0.3, -0.25) is 0 Å². The highest BCUT2D eigenvalue weighted by Gasteiger charge is 2.24. The number of carbonyl (C=O) groups is 2. The molecule has 1 rings (SSSR count). The molecule has 1 unspecified atom stereocenters. The van der Waals surface area contributed by atoms with Crippen LogP contribution in [0.4, 0.5) is 9.59 Å². The summed E-state index contributed by atoms with van der Waals surface area (Å²) in [5, 5.41) is 14.8. The lowest BCUT2D eigenvalue weighted by Crippen LogP contribution is -2.42. The molecule has 1 aromatic carbocycles. The van der Waals surface area contributed by atoms with Crippen molar-refractivity contribution in [3.63, 3.8) is 0 Å². The molecule has 8 nitrogen and oxygen atoms in total. The average molecular weight is 346 g/mol. The number of methoxy groups -OCH3 is 1. The number of nitrogens with two attached hydrogens (primary N) is 1. The molecular weight excluding hydrogens is 326 g/mol. The molecular formula is C14H20ClN3O5.